The van der Waals surface area contributed by atoms with Crippen LogP contribution in [0.25, 0.3) is 11.0 Å². The molecule has 0 fully saturated rings. The van der Waals surface area contributed by atoms with E-state index in [1.54, 1.807) is 12.3 Å². The maximum atomic E-state index is 9.64. The van der Waals surface area contributed by atoms with Crippen LogP contribution in [0.1, 0.15) is 16.9 Å². The smallest absolute Gasteiger partial charge is 0.140 e. The molecule has 3 aromatic rings. The van der Waals surface area contributed by atoms with Crippen molar-refractivity contribution in [1.29, 1.82) is 0 Å². The third kappa shape index (κ3) is 2.92. The van der Waals surface area contributed by atoms with Crippen LogP contribution in [-0.2, 0) is 19.4 Å². The average Bonchev–Trinajstić information content (AvgIpc) is 2.85. The summed E-state index contributed by atoms with van der Waals surface area (Å²) in [6.07, 6.45) is 3.58. The Morgan fingerprint density at radius 3 is 2.78 bits per heavy atom. The van der Waals surface area contributed by atoms with Crippen molar-refractivity contribution in [3.63, 3.8) is 0 Å². The molecule has 0 saturated heterocycles. The monoisotopic (exact) mass is 328 g/mol. The van der Waals surface area contributed by atoms with Gasteiger partial charge in [0.25, 0.3) is 0 Å². The van der Waals surface area contributed by atoms with E-state index in [2.05, 4.69) is 9.88 Å². The first-order valence-corrected chi connectivity index (χ1v) is 8.13. The number of pyridine rings is 1. The van der Waals surface area contributed by atoms with Crippen LogP contribution in [-0.4, -0.2) is 28.1 Å². The Hall–Kier alpha value is -2.04. The van der Waals surface area contributed by atoms with Gasteiger partial charge in [0.15, 0.2) is 0 Å². The number of phenols is 1. The van der Waals surface area contributed by atoms with E-state index >= 15 is 0 Å². The summed E-state index contributed by atoms with van der Waals surface area (Å²) in [6.45, 7) is 2.67. The third-order valence-corrected chi connectivity index (χ3v) is 4.71. The lowest BCUT2D eigenvalue weighted by molar-refractivity contribution is 0.258. The van der Waals surface area contributed by atoms with E-state index in [1.165, 1.54) is 11.1 Å². The molecule has 0 amide bonds. The standard InChI is InChI=1S/C18H17ClN2O2/c19-18-16-10-15(23-17(16)3-6-20-18)11-21-7-4-12-1-2-14(22)9-13(12)5-8-21/h1-3,6,9-10,22H,4-5,7-8,11H2. The van der Waals surface area contributed by atoms with Gasteiger partial charge in [0.1, 0.15) is 22.2 Å². The number of aromatic hydroxyl groups is 1. The van der Waals surface area contributed by atoms with E-state index < -0.39 is 0 Å². The minimum Gasteiger partial charge on any atom is -0.508 e. The molecule has 1 aromatic carbocycles. The van der Waals surface area contributed by atoms with Crippen molar-refractivity contribution in [1.82, 2.24) is 9.88 Å². The Bertz CT molecular complexity index is 859. The van der Waals surface area contributed by atoms with Crippen molar-refractivity contribution in [2.75, 3.05) is 13.1 Å². The lowest BCUT2D eigenvalue weighted by Crippen LogP contribution is -2.25. The SMILES string of the molecule is Oc1ccc2c(c1)CCN(Cc1cc3c(Cl)nccc3o1)CC2. The third-order valence-electron chi connectivity index (χ3n) is 4.41. The highest BCUT2D eigenvalue weighted by atomic mass is 35.5. The van der Waals surface area contributed by atoms with Gasteiger partial charge in [-0.05, 0) is 48.2 Å². The average molecular weight is 329 g/mol. The first kappa shape index (κ1) is 14.5. The van der Waals surface area contributed by atoms with Gasteiger partial charge in [0, 0.05) is 19.3 Å². The van der Waals surface area contributed by atoms with Crippen molar-refractivity contribution in [3.05, 3.63) is 58.6 Å². The van der Waals surface area contributed by atoms with E-state index in [9.17, 15) is 5.11 Å². The molecule has 0 radical (unpaired) electrons. The Kier molecular flexibility index (Phi) is 3.71. The van der Waals surface area contributed by atoms with Crippen LogP contribution in [0, 0.1) is 0 Å². The zero-order chi connectivity index (χ0) is 15.8. The Morgan fingerprint density at radius 2 is 1.96 bits per heavy atom. The quantitative estimate of drug-likeness (QED) is 0.727. The van der Waals surface area contributed by atoms with Gasteiger partial charge in [0.05, 0.1) is 11.9 Å². The molecule has 23 heavy (non-hydrogen) atoms. The van der Waals surface area contributed by atoms with Crippen LogP contribution in [0.3, 0.4) is 0 Å². The second kappa shape index (κ2) is 5.87. The Balaban J connectivity index is 1.52. The van der Waals surface area contributed by atoms with Crippen LogP contribution in [0.15, 0.2) is 40.9 Å². The molecule has 1 N–H and O–H groups in total. The summed E-state index contributed by atoms with van der Waals surface area (Å²) < 4.78 is 5.88. The molecule has 0 aliphatic carbocycles. The van der Waals surface area contributed by atoms with E-state index in [0.29, 0.717) is 10.9 Å². The molecule has 118 valence electrons. The molecule has 1 aliphatic heterocycles. The molecule has 4 rings (SSSR count). The lowest BCUT2D eigenvalue weighted by atomic mass is 10.0. The van der Waals surface area contributed by atoms with Gasteiger partial charge >= 0.3 is 0 Å². The zero-order valence-corrected chi connectivity index (χ0v) is 13.4. The number of halogens is 1. The molecular formula is C18H17ClN2O2. The number of hydrogen-bond donors (Lipinski definition) is 1. The minimum absolute atomic E-state index is 0.344. The van der Waals surface area contributed by atoms with Crippen LogP contribution in [0.4, 0.5) is 0 Å². The summed E-state index contributed by atoms with van der Waals surface area (Å²) in [6, 6.07) is 9.50. The number of fused-ring (bicyclic) bond motifs is 2. The highest BCUT2D eigenvalue weighted by molar-refractivity contribution is 6.34. The number of aromatic nitrogens is 1. The highest BCUT2D eigenvalue weighted by Gasteiger charge is 2.16. The van der Waals surface area contributed by atoms with Gasteiger partial charge in [-0.25, -0.2) is 4.98 Å². The van der Waals surface area contributed by atoms with Gasteiger partial charge in [-0.1, -0.05) is 17.7 Å². The summed E-state index contributed by atoms with van der Waals surface area (Å²) >= 11 is 6.11. The fourth-order valence-electron chi connectivity index (χ4n) is 3.20. The molecule has 1 aliphatic rings. The van der Waals surface area contributed by atoms with E-state index in [1.807, 2.05) is 24.3 Å². The fraction of sp³-hybridized carbons (Fsp3) is 0.278. The van der Waals surface area contributed by atoms with Gasteiger partial charge in [-0.15, -0.1) is 0 Å². The number of furan rings is 1. The van der Waals surface area contributed by atoms with Crippen molar-refractivity contribution in [2.24, 2.45) is 0 Å². The summed E-state index contributed by atoms with van der Waals surface area (Å²) in [7, 11) is 0. The summed E-state index contributed by atoms with van der Waals surface area (Å²) in [5.74, 6) is 1.25. The van der Waals surface area contributed by atoms with Crippen LogP contribution < -0.4 is 0 Å². The largest absolute Gasteiger partial charge is 0.508 e. The van der Waals surface area contributed by atoms with E-state index in [0.717, 1.165) is 49.2 Å². The predicted octanol–water partition coefficient (Wildman–Crippen LogP) is 3.79. The van der Waals surface area contributed by atoms with E-state index in [-0.39, 0.29) is 0 Å². The number of nitrogens with zero attached hydrogens (tertiary/aromatic N) is 2. The number of hydrogen-bond acceptors (Lipinski definition) is 4. The molecule has 2 aromatic heterocycles. The molecule has 0 unspecified atom stereocenters. The highest BCUT2D eigenvalue weighted by Crippen LogP contribution is 2.26. The Labute approximate surface area is 139 Å². The number of benzene rings is 1. The van der Waals surface area contributed by atoms with Crippen LogP contribution in [0.5, 0.6) is 5.75 Å². The number of rotatable bonds is 2. The maximum absolute atomic E-state index is 9.64. The summed E-state index contributed by atoms with van der Waals surface area (Å²) in [5.41, 5.74) is 3.34. The molecule has 4 nitrogen and oxygen atoms in total. The van der Waals surface area contributed by atoms with Crippen molar-refractivity contribution < 1.29 is 9.52 Å². The molecule has 0 spiro atoms. The summed E-state index contributed by atoms with van der Waals surface area (Å²) in [4.78, 5) is 6.46. The first-order chi connectivity index (χ1) is 11.2. The predicted molar refractivity (Wildman–Crippen MR) is 89.8 cm³/mol. The first-order valence-electron chi connectivity index (χ1n) is 7.75. The van der Waals surface area contributed by atoms with Crippen molar-refractivity contribution in [2.45, 2.75) is 19.4 Å². The summed E-state index contributed by atoms with van der Waals surface area (Å²) in [5, 5.41) is 11.0. The fourth-order valence-corrected chi connectivity index (χ4v) is 3.40. The molecular weight excluding hydrogens is 312 g/mol. The lowest BCUT2D eigenvalue weighted by Gasteiger charge is -2.17. The molecule has 3 heterocycles. The maximum Gasteiger partial charge on any atom is 0.140 e. The molecule has 0 saturated carbocycles. The van der Waals surface area contributed by atoms with Crippen LogP contribution in [0.2, 0.25) is 5.15 Å². The van der Waals surface area contributed by atoms with Crippen molar-refractivity contribution in [3.8, 4) is 5.75 Å². The second-order valence-electron chi connectivity index (χ2n) is 5.96. The number of phenolic OH excluding ortho intramolecular Hbond substituents is 1. The molecule has 0 bridgehead atoms. The van der Waals surface area contributed by atoms with Gasteiger partial charge in [0.2, 0.25) is 0 Å². The zero-order valence-electron chi connectivity index (χ0n) is 12.6. The van der Waals surface area contributed by atoms with E-state index in [4.69, 9.17) is 16.0 Å². The molecule has 0 atom stereocenters. The Morgan fingerprint density at radius 1 is 1.13 bits per heavy atom. The van der Waals surface area contributed by atoms with Gasteiger partial charge in [-0.3, -0.25) is 4.90 Å². The minimum atomic E-state index is 0.344. The molecule has 5 heteroatoms. The topological polar surface area (TPSA) is 49.5 Å². The van der Waals surface area contributed by atoms with Crippen LogP contribution >= 0.6 is 11.6 Å². The van der Waals surface area contributed by atoms with Crippen molar-refractivity contribution >= 4 is 22.6 Å². The van der Waals surface area contributed by atoms with Gasteiger partial charge in [-0.2, -0.15) is 0 Å². The second-order valence-corrected chi connectivity index (χ2v) is 6.31. The normalized spacial score (nSPS) is 15.5. The van der Waals surface area contributed by atoms with Gasteiger partial charge < -0.3 is 9.52 Å².